The number of rotatable bonds is 4. The van der Waals surface area contributed by atoms with Gasteiger partial charge in [-0.1, -0.05) is 6.42 Å². The van der Waals surface area contributed by atoms with Gasteiger partial charge in [-0.3, -0.25) is 9.59 Å². The van der Waals surface area contributed by atoms with E-state index in [-0.39, 0.29) is 29.6 Å². The molecule has 1 aliphatic carbocycles. The zero-order chi connectivity index (χ0) is 18.9. The van der Waals surface area contributed by atoms with E-state index >= 15 is 0 Å². The standard InChI is InChI=1S/C21H28N2O4/c1-2-27-18-6-4-17(5-7-18)23-13-16(12-19(23)24)20(25)22-10-11-26-15-21(14-22)8-3-9-21/h4-7,16H,2-3,8-15H2,1H3. The van der Waals surface area contributed by atoms with Crippen molar-refractivity contribution >= 4 is 17.5 Å². The molecule has 1 aromatic rings. The Kier molecular flexibility index (Phi) is 5.08. The lowest BCUT2D eigenvalue weighted by Crippen LogP contribution is -2.47. The quantitative estimate of drug-likeness (QED) is 0.815. The minimum Gasteiger partial charge on any atom is -0.494 e. The van der Waals surface area contributed by atoms with Crippen LogP contribution in [0.2, 0.25) is 0 Å². The van der Waals surface area contributed by atoms with E-state index in [1.165, 1.54) is 6.42 Å². The van der Waals surface area contributed by atoms with Gasteiger partial charge in [0, 0.05) is 37.2 Å². The SMILES string of the molecule is CCOc1ccc(N2CC(C(=O)N3CCOCC4(CCC4)C3)CC2=O)cc1. The second kappa shape index (κ2) is 7.50. The zero-order valence-electron chi connectivity index (χ0n) is 16.0. The van der Waals surface area contributed by atoms with Gasteiger partial charge >= 0.3 is 0 Å². The van der Waals surface area contributed by atoms with E-state index in [0.717, 1.165) is 37.4 Å². The van der Waals surface area contributed by atoms with E-state index in [2.05, 4.69) is 0 Å². The summed E-state index contributed by atoms with van der Waals surface area (Å²) in [4.78, 5) is 29.3. The third-order valence-electron chi connectivity index (χ3n) is 6.10. The molecule has 27 heavy (non-hydrogen) atoms. The molecule has 6 nitrogen and oxygen atoms in total. The highest BCUT2D eigenvalue weighted by Gasteiger charge is 2.44. The van der Waals surface area contributed by atoms with E-state index in [1.807, 2.05) is 36.1 Å². The molecule has 0 N–H and O–H groups in total. The van der Waals surface area contributed by atoms with Gasteiger partial charge in [-0.05, 0) is 44.0 Å². The molecule has 1 spiro atoms. The highest BCUT2D eigenvalue weighted by molar-refractivity contribution is 6.00. The molecule has 1 aromatic carbocycles. The Labute approximate surface area is 160 Å². The summed E-state index contributed by atoms with van der Waals surface area (Å²) in [6, 6.07) is 7.51. The first-order valence-electron chi connectivity index (χ1n) is 10.00. The summed E-state index contributed by atoms with van der Waals surface area (Å²) in [5.74, 6) is 0.644. The summed E-state index contributed by atoms with van der Waals surface area (Å²) in [7, 11) is 0. The predicted octanol–water partition coefficient (Wildman–Crippen LogP) is 2.47. The summed E-state index contributed by atoms with van der Waals surface area (Å²) in [5.41, 5.74) is 0.984. The fraction of sp³-hybridized carbons (Fsp3) is 0.619. The molecule has 2 amide bonds. The van der Waals surface area contributed by atoms with Crippen LogP contribution in [0.25, 0.3) is 0 Å². The molecule has 3 fully saturated rings. The second-order valence-corrected chi connectivity index (χ2v) is 8.00. The molecule has 1 unspecified atom stereocenters. The lowest BCUT2D eigenvalue weighted by molar-refractivity contribution is -0.137. The average molecular weight is 372 g/mol. The molecule has 146 valence electrons. The summed E-state index contributed by atoms with van der Waals surface area (Å²) >= 11 is 0. The molecule has 2 aliphatic heterocycles. The molecule has 0 aromatic heterocycles. The monoisotopic (exact) mass is 372 g/mol. The van der Waals surface area contributed by atoms with Gasteiger partial charge in [0.15, 0.2) is 0 Å². The maximum atomic E-state index is 13.1. The van der Waals surface area contributed by atoms with Gasteiger partial charge in [0.2, 0.25) is 11.8 Å². The van der Waals surface area contributed by atoms with Gasteiger partial charge in [-0.2, -0.15) is 0 Å². The maximum Gasteiger partial charge on any atom is 0.228 e. The van der Waals surface area contributed by atoms with E-state index < -0.39 is 0 Å². The Morgan fingerprint density at radius 2 is 2.07 bits per heavy atom. The third-order valence-corrected chi connectivity index (χ3v) is 6.10. The van der Waals surface area contributed by atoms with E-state index in [9.17, 15) is 9.59 Å². The Balaban J connectivity index is 1.42. The first-order chi connectivity index (χ1) is 13.1. The largest absolute Gasteiger partial charge is 0.494 e. The summed E-state index contributed by atoms with van der Waals surface area (Å²) in [6.45, 7) is 5.77. The second-order valence-electron chi connectivity index (χ2n) is 8.00. The van der Waals surface area contributed by atoms with Crippen molar-refractivity contribution in [1.29, 1.82) is 0 Å². The van der Waals surface area contributed by atoms with Crippen molar-refractivity contribution in [2.45, 2.75) is 32.6 Å². The Bertz CT molecular complexity index is 699. The van der Waals surface area contributed by atoms with Gasteiger partial charge in [0.1, 0.15) is 5.75 Å². The fourth-order valence-corrected chi connectivity index (χ4v) is 4.43. The lowest BCUT2D eigenvalue weighted by Gasteiger charge is -2.43. The lowest BCUT2D eigenvalue weighted by atomic mass is 9.69. The predicted molar refractivity (Wildman–Crippen MR) is 102 cm³/mol. The molecule has 4 rings (SSSR count). The molecule has 3 aliphatic rings. The smallest absolute Gasteiger partial charge is 0.228 e. The van der Waals surface area contributed by atoms with Crippen LogP contribution in [0.15, 0.2) is 24.3 Å². The van der Waals surface area contributed by atoms with Crippen molar-refractivity contribution in [3.8, 4) is 5.75 Å². The highest BCUT2D eigenvalue weighted by atomic mass is 16.5. The van der Waals surface area contributed by atoms with E-state index in [1.54, 1.807) is 4.90 Å². The van der Waals surface area contributed by atoms with Gasteiger partial charge < -0.3 is 19.3 Å². The number of hydrogen-bond donors (Lipinski definition) is 0. The molecule has 0 bridgehead atoms. The van der Waals surface area contributed by atoms with Crippen molar-refractivity contribution in [1.82, 2.24) is 4.90 Å². The molecular weight excluding hydrogens is 344 g/mol. The van der Waals surface area contributed by atoms with Crippen LogP contribution < -0.4 is 9.64 Å². The Morgan fingerprint density at radius 1 is 1.30 bits per heavy atom. The van der Waals surface area contributed by atoms with Crippen LogP contribution in [0, 0.1) is 11.3 Å². The highest BCUT2D eigenvalue weighted by Crippen LogP contribution is 2.43. The van der Waals surface area contributed by atoms with Crippen LogP contribution in [-0.4, -0.2) is 56.2 Å². The summed E-state index contributed by atoms with van der Waals surface area (Å²) in [5, 5.41) is 0. The van der Waals surface area contributed by atoms with Gasteiger partial charge in [0.25, 0.3) is 0 Å². The Morgan fingerprint density at radius 3 is 2.74 bits per heavy atom. The first-order valence-corrected chi connectivity index (χ1v) is 10.00. The minimum absolute atomic E-state index is 0.0157. The van der Waals surface area contributed by atoms with E-state index in [0.29, 0.717) is 26.3 Å². The van der Waals surface area contributed by atoms with Crippen LogP contribution in [-0.2, 0) is 14.3 Å². The number of carbonyl (C=O) groups is 2. The number of ether oxygens (including phenoxy) is 2. The number of carbonyl (C=O) groups excluding carboxylic acids is 2. The van der Waals surface area contributed by atoms with Crippen molar-refractivity contribution in [3.63, 3.8) is 0 Å². The summed E-state index contributed by atoms with van der Waals surface area (Å²) < 4.78 is 11.2. The van der Waals surface area contributed by atoms with Crippen LogP contribution in [0.5, 0.6) is 5.75 Å². The molecule has 2 heterocycles. The van der Waals surface area contributed by atoms with Crippen molar-refractivity contribution in [2.75, 3.05) is 44.4 Å². The number of anilines is 1. The van der Waals surface area contributed by atoms with E-state index in [4.69, 9.17) is 9.47 Å². The van der Waals surface area contributed by atoms with Crippen LogP contribution in [0.3, 0.4) is 0 Å². The maximum absolute atomic E-state index is 13.1. The van der Waals surface area contributed by atoms with Gasteiger partial charge in [-0.15, -0.1) is 0 Å². The first kappa shape index (κ1) is 18.3. The number of amides is 2. The number of benzene rings is 1. The molecular formula is C21H28N2O4. The fourth-order valence-electron chi connectivity index (χ4n) is 4.43. The van der Waals surface area contributed by atoms with Crippen molar-refractivity contribution < 1.29 is 19.1 Å². The topological polar surface area (TPSA) is 59.1 Å². The average Bonchev–Trinajstić information content (AvgIpc) is 2.89. The number of nitrogens with zero attached hydrogens (tertiary/aromatic N) is 2. The zero-order valence-corrected chi connectivity index (χ0v) is 16.0. The van der Waals surface area contributed by atoms with Gasteiger partial charge in [-0.25, -0.2) is 0 Å². The molecule has 2 saturated heterocycles. The van der Waals surface area contributed by atoms with Crippen LogP contribution in [0.1, 0.15) is 32.6 Å². The molecule has 6 heteroatoms. The molecule has 0 radical (unpaired) electrons. The Hall–Kier alpha value is -2.08. The molecule has 1 saturated carbocycles. The van der Waals surface area contributed by atoms with Crippen molar-refractivity contribution in [2.24, 2.45) is 11.3 Å². The van der Waals surface area contributed by atoms with Crippen molar-refractivity contribution in [3.05, 3.63) is 24.3 Å². The number of hydrogen-bond acceptors (Lipinski definition) is 4. The summed E-state index contributed by atoms with van der Waals surface area (Å²) in [6.07, 6.45) is 3.78. The third kappa shape index (κ3) is 3.68. The van der Waals surface area contributed by atoms with Crippen LogP contribution >= 0.6 is 0 Å². The minimum atomic E-state index is -0.265. The van der Waals surface area contributed by atoms with Crippen LogP contribution in [0.4, 0.5) is 5.69 Å². The van der Waals surface area contributed by atoms with Gasteiger partial charge in [0.05, 0.1) is 25.7 Å². The molecule has 1 atom stereocenters. The normalized spacial score (nSPS) is 24.6.